The summed E-state index contributed by atoms with van der Waals surface area (Å²) in [5, 5.41) is 11.7. The highest BCUT2D eigenvalue weighted by Crippen LogP contribution is 2.36. The Kier molecular flexibility index (Phi) is 6.22. The van der Waals surface area contributed by atoms with Crippen LogP contribution < -0.4 is 20.9 Å². The summed E-state index contributed by atoms with van der Waals surface area (Å²) in [4.78, 5) is 13.8. The van der Waals surface area contributed by atoms with Crippen molar-refractivity contribution in [2.45, 2.75) is 13.5 Å². The van der Waals surface area contributed by atoms with E-state index in [1.807, 2.05) is 0 Å². The number of hydrogen-bond acceptors (Lipinski definition) is 8. The van der Waals surface area contributed by atoms with Gasteiger partial charge in [0.15, 0.2) is 0 Å². The van der Waals surface area contributed by atoms with E-state index in [1.165, 1.54) is 11.3 Å². The molecule has 1 fully saturated rings. The molecule has 1 saturated heterocycles. The van der Waals surface area contributed by atoms with Crippen LogP contribution >= 0.6 is 0 Å². The molecule has 3 N–H and O–H groups in total. The minimum atomic E-state index is 0.693. The standard InChI is InChI=1S/C24H31N7O/c1-2-31-17-29-22-13-19-21(14-23(22)31)27-16-28-24(19)26-15-18-5-3-4-6-20(18)25-7-8-30-9-11-32-12-10-30/h3-6,13-14,16,25,29H,2,7-12,15,17H2,1H3,(H,26,27,28). The van der Waals surface area contributed by atoms with E-state index in [0.29, 0.717) is 6.54 Å². The van der Waals surface area contributed by atoms with E-state index >= 15 is 0 Å². The summed E-state index contributed by atoms with van der Waals surface area (Å²) in [5.41, 5.74) is 5.69. The lowest BCUT2D eigenvalue weighted by atomic mass is 10.1. The normalized spacial score (nSPS) is 16.1. The number of benzene rings is 2. The number of ether oxygens (including phenoxy) is 1. The van der Waals surface area contributed by atoms with Gasteiger partial charge >= 0.3 is 0 Å². The molecule has 0 aliphatic carbocycles. The summed E-state index contributed by atoms with van der Waals surface area (Å²) in [7, 11) is 0. The largest absolute Gasteiger partial charge is 0.383 e. The maximum Gasteiger partial charge on any atom is 0.137 e. The number of hydrogen-bond donors (Lipinski definition) is 3. The lowest BCUT2D eigenvalue weighted by molar-refractivity contribution is 0.0398. The molecule has 2 aliphatic rings. The highest BCUT2D eigenvalue weighted by molar-refractivity contribution is 5.97. The quantitative estimate of drug-likeness (QED) is 0.500. The maximum absolute atomic E-state index is 5.44. The van der Waals surface area contributed by atoms with Crippen LogP contribution in [0.4, 0.5) is 22.9 Å². The number of para-hydroxylation sites is 1. The number of morpholine rings is 1. The molecule has 0 saturated carbocycles. The molecular weight excluding hydrogens is 402 g/mol. The predicted octanol–water partition coefficient (Wildman–Crippen LogP) is 3.20. The molecule has 3 heterocycles. The average Bonchev–Trinajstić information content (AvgIpc) is 3.24. The smallest absolute Gasteiger partial charge is 0.137 e. The number of fused-ring (bicyclic) bond motifs is 2. The number of anilines is 4. The third kappa shape index (κ3) is 4.42. The van der Waals surface area contributed by atoms with Crippen LogP contribution in [0.2, 0.25) is 0 Å². The second kappa shape index (κ2) is 9.58. The Morgan fingerprint density at radius 3 is 2.84 bits per heavy atom. The van der Waals surface area contributed by atoms with Gasteiger partial charge in [0.2, 0.25) is 0 Å². The summed E-state index contributed by atoms with van der Waals surface area (Å²) in [6, 6.07) is 12.8. The Morgan fingerprint density at radius 1 is 1.09 bits per heavy atom. The van der Waals surface area contributed by atoms with Gasteiger partial charge < -0.3 is 25.6 Å². The molecule has 32 heavy (non-hydrogen) atoms. The van der Waals surface area contributed by atoms with Crippen LogP contribution in [0.25, 0.3) is 10.9 Å². The summed E-state index contributed by atoms with van der Waals surface area (Å²) in [6.07, 6.45) is 1.64. The van der Waals surface area contributed by atoms with Gasteiger partial charge in [0.25, 0.3) is 0 Å². The minimum Gasteiger partial charge on any atom is -0.383 e. The zero-order chi connectivity index (χ0) is 21.8. The van der Waals surface area contributed by atoms with Crippen molar-refractivity contribution in [3.05, 3.63) is 48.3 Å². The summed E-state index contributed by atoms with van der Waals surface area (Å²) < 4.78 is 5.44. The summed E-state index contributed by atoms with van der Waals surface area (Å²) in [5.74, 6) is 0.859. The van der Waals surface area contributed by atoms with Crippen molar-refractivity contribution in [3.8, 4) is 0 Å². The van der Waals surface area contributed by atoms with Gasteiger partial charge in [-0.15, -0.1) is 0 Å². The highest BCUT2D eigenvalue weighted by atomic mass is 16.5. The molecule has 0 radical (unpaired) electrons. The van der Waals surface area contributed by atoms with E-state index < -0.39 is 0 Å². The third-order valence-electron chi connectivity index (χ3n) is 6.25. The Morgan fingerprint density at radius 2 is 1.97 bits per heavy atom. The molecule has 2 aromatic carbocycles. The Labute approximate surface area is 189 Å². The second-order valence-electron chi connectivity index (χ2n) is 8.19. The molecule has 0 spiro atoms. The molecule has 1 aromatic heterocycles. The van der Waals surface area contributed by atoms with Crippen LogP contribution in [0.15, 0.2) is 42.7 Å². The van der Waals surface area contributed by atoms with Crippen molar-refractivity contribution in [1.29, 1.82) is 0 Å². The van der Waals surface area contributed by atoms with E-state index in [9.17, 15) is 0 Å². The molecule has 5 rings (SSSR count). The van der Waals surface area contributed by atoms with E-state index in [1.54, 1.807) is 6.33 Å². The molecule has 3 aromatic rings. The number of rotatable bonds is 8. The summed E-state index contributed by atoms with van der Waals surface area (Å²) >= 11 is 0. The van der Waals surface area contributed by atoms with Crippen LogP contribution in [-0.4, -0.2) is 67.5 Å². The number of aromatic nitrogens is 2. The van der Waals surface area contributed by atoms with E-state index in [0.717, 1.165) is 80.7 Å². The Balaban J connectivity index is 1.28. The monoisotopic (exact) mass is 433 g/mol. The van der Waals surface area contributed by atoms with Crippen molar-refractivity contribution in [2.75, 3.05) is 73.5 Å². The van der Waals surface area contributed by atoms with Crippen LogP contribution in [0.5, 0.6) is 0 Å². The molecule has 0 bridgehead atoms. The first-order valence-corrected chi connectivity index (χ1v) is 11.4. The van der Waals surface area contributed by atoms with Crippen LogP contribution in [0.3, 0.4) is 0 Å². The van der Waals surface area contributed by atoms with E-state index in [-0.39, 0.29) is 0 Å². The first-order chi connectivity index (χ1) is 15.8. The fraction of sp³-hybridized carbons (Fsp3) is 0.417. The first-order valence-electron chi connectivity index (χ1n) is 11.4. The molecule has 168 valence electrons. The SMILES string of the molecule is CCN1CNc2cc3c(NCc4ccccc4NCCN4CCOCC4)ncnc3cc21. The zero-order valence-electron chi connectivity index (χ0n) is 18.6. The van der Waals surface area contributed by atoms with Crippen molar-refractivity contribution in [2.24, 2.45) is 0 Å². The first kappa shape index (κ1) is 20.8. The van der Waals surface area contributed by atoms with Crippen molar-refractivity contribution < 1.29 is 4.74 Å². The van der Waals surface area contributed by atoms with Gasteiger partial charge in [-0.05, 0) is 30.7 Å². The fourth-order valence-corrected chi connectivity index (χ4v) is 4.38. The molecule has 8 nitrogen and oxygen atoms in total. The molecule has 0 atom stereocenters. The minimum absolute atomic E-state index is 0.693. The second-order valence-corrected chi connectivity index (χ2v) is 8.19. The molecule has 2 aliphatic heterocycles. The van der Waals surface area contributed by atoms with Crippen LogP contribution in [-0.2, 0) is 11.3 Å². The van der Waals surface area contributed by atoms with Gasteiger partial charge in [0.05, 0.1) is 36.8 Å². The average molecular weight is 434 g/mol. The summed E-state index contributed by atoms with van der Waals surface area (Å²) in [6.45, 7) is 10.3. The van der Waals surface area contributed by atoms with Crippen LogP contribution in [0.1, 0.15) is 12.5 Å². The predicted molar refractivity (Wildman–Crippen MR) is 131 cm³/mol. The lowest BCUT2D eigenvalue weighted by Gasteiger charge is -2.26. The van der Waals surface area contributed by atoms with Gasteiger partial charge in [0, 0.05) is 50.3 Å². The zero-order valence-corrected chi connectivity index (χ0v) is 18.6. The molecule has 0 amide bonds. The third-order valence-corrected chi connectivity index (χ3v) is 6.25. The van der Waals surface area contributed by atoms with Gasteiger partial charge in [-0.3, -0.25) is 4.90 Å². The van der Waals surface area contributed by atoms with Crippen molar-refractivity contribution in [1.82, 2.24) is 14.9 Å². The van der Waals surface area contributed by atoms with Gasteiger partial charge in [-0.2, -0.15) is 0 Å². The van der Waals surface area contributed by atoms with Gasteiger partial charge in [0.1, 0.15) is 12.1 Å². The van der Waals surface area contributed by atoms with Crippen molar-refractivity contribution in [3.63, 3.8) is 0 Å². The molecule has 0 unspecified atom stereocenters. The highest BCUT2D eigenvalue weighted by Gasteiger charge is 2.19. The van der Waals surface area contributed by atoms with Gasteiger partial charge in [-0.1, -0.05) is 18.2 Å². The van der Waals surface area contributed by atoms with E-state index in [2.05, 4.69) is 79.0 Å². The Bertz CT molecular complexity index is 1070. The Hall–Kier alpha value is -3.10. The van der Waals surface area contributed by atoms with Crippen LogP contribution in [0, 0.1) is 0 Å². The maximum atomic E-state index is 5.44. The fourth-order valence-electron chi connectivity index (χ4n) is 4.38. The van der Waals surface area contributed by atoms with Crippen molar-refractivity contribution >= 4 is 33.8 Å². The topological polar surface area (TPSA) is 77.6 Å². The van der Waals surface area contributed by atoms with Gasteiger partial charge in [-0.25, -0.2) is 9.97 Å². The van der Waals surface area contributed by atoms with E-state index in [4.69, 9.17) is 4.74 Å². The molecular formula is C24H31N7O. The molecule has 8 heteroatoms. The number of nitrogens with zero attached hydrogens (tertiary/aromatic N) is 4. The number of nitrogens with one attached hydrogen (secondary N) is 3. The lowest BCUT2D eigenvalue weighted by Crippen LogP contribution is -2.39.